The molecular formula is C9H9BrO5S. The molecule has 16 heavy (non-hydrogen) atoms. The summed E-state index contributed by atoms with van der Waals surface area (Å²) in [6.45, 7) is 0. The Morgan fingerprint density at radius 3 is 2.25 bits per heavy atom. The lowest BCUT2D eigenvalue weighted by Gasteiger charge is -2.06. The molecule has 0 aliphatic carbocycles. The van der Waals surface area contributed by atoms with E-state index < -0.39 is 27.8 Å². The van der Waals surface area contributed by atoms with Gasteiger partial charge in [0.25, 0.3) is 10.1 Å². The molecule has 1 aromatic carbocycles. The number of aliphatic hydroxyl groups excluding tert-OH is 1. The Hall–Kier alpha value is -0.760. The lowest BCUT2D eigenvalue weighted by Crippen LogP contribution is -2.23. The van der Waals surface area contributed by atoms with Gasteiger partial charge < -0.3 is 5.11 Å². The number of aliphatic hydroxyl groups is 1. The van der Waals surface area contributed by atoms with Gasteiger partial charge in [-0.25, -0.2) is 0 Å². The predicted octanol–water partition coefficient (Wildman–Crippen LogP) is 1.23. The van der Waals surface area contributed by atoms with E-state index in [-0.39, 0.29) is 5.56 Å². The molecule has 0 saturated carbocycles. The molecule has 0 heterocycles. The molecule has 0 amide bonds. The highest BCUT2D eigenvalue weighted by atomic mass is 79.9. The van der Waals surface area contributed by atoms with Crippen molar-refractivity contribution in [3.63, 3.8) is 0 Å². The average Bonchev–Trinajstić information content (AvgIpc) is 2.17. The number of benzene rings is 1. The van der Waals surface area contributed by atoms with E-state index in [2.05, 4.69) is 15.9 Å². The van der Waals surface area contributed by atoms with Crippen LogP contribution in [0.15, 0.2) is 28.7 Å². The van der Waals surface area contributed by atoms with E-state index in [1.54, 1.807) is 12.1 Å². The fourth-order valence-electron chi connectivity index (χ4n) is 1.02. The molecule has 1 unspecified atom stereocenters. The van der Waals surface area contributed by atoms with Crippen LogP contribution in [0.1, 0.15) is 16.8 Å². The topological polar surface area (TPSA) is 91.7 Å². The Balaban J connectivity index is 2.77. The van der Waals surface area contributed by atoms with Crippen molar-refractivity contribution >= 4 is 31.8 Å². The zero-order valence-electron chi connectivity index (χ0n) is 8.00. The Morgan fingerprint density at radius 1 is 1.31 bits per heavy atom. The Kier molecular flexibility index (Phi) is 4.20. The van der Waals surface area contributed by atoms with Gasteiger partial charge in [0.1, 0.15) is 0 Å². The van der Waals surface area contributed by atoms with Crippen LogP contribution < -0.4 is 0 Å². The number of hydrogen-bond donors (Lipinski definition) is 2. The summed E-state index contributed by atoms with van der Waals surface area (Å²) >= 11 is 3.18. The van der Waals surface area contributed by atoms with Gasteiger partial charge in [0.05, 0.1) is 6.42 Å². The minimum atomic E-state index is -4.59. The highest BCUT2D eigenvalue weighted by molar-refractivity contribution is 9.10. The predicted molar refractivity (Wildman–Crippen MR) is 60.6 cm³/mol. The van der Waals surface area contributed by atoms with E-state index in [4.69, 9.17) is 9.66 Å². The second kappa shape index (κ2) is 5.05. The van der Waals surface area contributed by atoms with Gasteiger partial charge in [-0.15, -0.1) is 0 Å². The monoisotopic (exact) mass is 308 g/mol. The van der Waals surface area contributed by atoms with Gasteiger partial charge in [-0.3, -0.25) is 9.35 Å². The Labute approximate surface area is 101 Å². The normalized spacial score (nSPS) is 13.4. The number of Topliss-reactive ketones (excluding diaryl/α,β-unsaturated/α-hetero) is 1. The summed E-state index contributed by atoms with van der Waals surface area (Å²) in [4.78, 5) is 11.5. The van der Waals surface area contributed by atoms with Crippen molar-refractivity contribution in [1.82, 2.24) is 0 Å². The quantitative estimate of drug-likeness (QED) is 0.645. The number of hydrogen-bond acceptors (Lipinski definition) is 4. The van der Waals surface area contributed by atoms with Crippen molar-refractivity contribution in [3.8, 4) is 0 Å². The molecule has 0 fully saturated rings. The first kappa shape index (κ1) is 13.3. The summed E-state index contributed by atoms with van der Waals surface area (Å²) in [5, 5.41) is 9.00. The third-order valence-electron chi connectivity index (χ3n) is 1.87. The number of carbonyl (C=O) groups is 1. The van der Waals surface area contributed by atoms with Crippen molar-refractivity contribution in [1.29, 1.82) is 0 Å². The molecule has 0 saturated heterocycles. The van der Waals surface area contributed by atoms with Crippen molar-refractivity contribution < 1.29 is 22.9 Å². The van der Waals surface area contributed by atoms with Crippen molar-refractivity contribution in [2.45, 2.75) is 11.9 Å². The second-order valence-electron chi connectivity index (χ2n) is 3.10. The van der Waals surface area contributed by atoms with Crippen LogP contribution in [0.2, 0.25) is 0 Å². The van der Waals surface area contributed by atoms with Crippen LogP contribution in [0, 0.1) is 0 Å². The van der Waals surface area contributed by atoms with Crippen molar-refractivity contribution in [2.24, 2.45) is 0 Å². The number of halogens is 1. The van der Waals surface area contributed by atoms with Gasteiger partial charge in [0.15, 0.2) is 11.2 Å². The highest BCUT2D eigenvalue weighted by Crippen LogP contribution is 2.13. The van der Waals surface area contributed by atoms with Gasteiger partial charge in [0.2, 0.25) is 0 Å². The zero-order chi connectivity index (χ0) is 12.3. The average molecular weight is 309 g/mol. The minimum absolute atomic E-state index is 0.269. The maximum absolute atomic E-state index is 11.5. The molecule has 0 aliphatic heterocycles. The van der Waals surface area contributed by atoms with E-state index in [9.17, 15) is 13.2 Å². The molecule has 1 aromatic rings. The van der Waals surface area contributed by atoms with Crippen LogP contribution in [0.25, 0.3) is 0 Å². The first-order chi connectivity index (χ1) is 7.30. The summed E-state index contributed by atoms with van der Waals surface area (Å²) in [5.41, 5.74) is -1.81. The SMILES string of the molecule is O=C(CC(O)S(=O)(=O)O)c1ccc(Br)cc1. The van der Waals surface area contributed by atoms with E-state index in [1.165, 1.54) is 12.1 Å². The van der Waals surface area contributed by atoms with Gasteiger partial charge in [-0.2, -0.15) is 8.42 Å². The molecular weight excluding hydrogens is 300 g/mol. The standard InChI is InChI=1S/C9H9BrO5S/c10-7-3-1-6(2-4-7)8(11)5-9(12)16(13,14)15/h1-4,9,12H,5H2,(H,13,14,15). The molecule has 0 spiro atoms. The van der Waals surface area contributed by atoms with E-state index in [0.29, 0.717) is 0 Å². The zero-order valence-corrected chi connectivity index (χ0v) is 10.4. The lowest BCUT2D eigenvalue weighted by atomic mass is 10.1. The van der Waals surface area contributed by atoms with Gasteiger partial charge >= 0.3 is 0 Å². The van der Waals surface area contributed by atoms with E-state index >= 15 is 0 Å². The summed E-state index contributed by atoms with van der Waals surface area (Å²) in [5.74, 6) is -0.558. The Bertz CT molecular complexity index is 479. The van der Waals surface area contributed by atoms with Crippen LogP contribution in [0.4, 0.5) is 0 Å². The molecule has 7 heteroatoms. The second-order valence-corrected chi connectivity index (χ2v) is 5.59. The first-order valence-corrected chi connectivity index (χ1v) is 6.53. The maximum atomic E-state index is 11.5. The molecule has 88 valence electrons. The van der Waals surface area contributed by atoms with Crippen LogP contribution in [-0.4, -0.2) is 29.3 Å². The van der Waals surface area contributed by atoms with E-state index in [1.807, 2.05) is 0 Å². The van der Waals surface area contributed by atoms with Crippen LogP contribution in [0.3, 0.4) is 0 Å². The largest absolute Gasteiger partial charge is 0.375 e. The molecule has 5 nitrogen and oxygen atoms in total. The van der Waals surface area contributed by atoms with Gasteiger partial charge in [-0.1, -0.05) is 28.1 Å². The van der Waals surface area contributed by atoms with Crippen LogP contribution in [-0.2, 0) is 10.1 Å². The van der Waals surface area contributed by atoms with E-state index in [0.717, 1.165) is 4.47 Å². The van der Waals surface area contributed by atoms with Crippen LogP contribution in [0.5, 0.6) is 0 Å². The molecule has 0 radical (unpaired) electrons. The molecule has 0 bridgehead atoms. The summed E-state index contributed by atoms with van der Waals surface area (Å²) in [7, 11) is -4.59. The van der Waals surface area contributed by atoms with Gasteiger partial charge in [0, 0.05) is 10.0 Å². The lowest BCUT2D eigenvalue weighted by molar-refractivity contribution is 0.0932. The first-order valence-electron chi connectivity index (χ1n) is 4.24. The number of rotatable bonds is 4. The smallest absolute Gasteiger partial charge is 0.292 e. The molecule has 0 aliphatic rings. The number of ketones is 1. The van der Waals surface area contributed by atoms with Gasteiger partial charge in [-0.05, 0) is 12.1 Å². The Morgan fingerprint density at radius 2 is 1.81 bits per heavy atom. The number of carbonyl (C=O) groups excluding carboxylic acids is 1. The summed E-state index contributed by atoms with van der Waals surface area (Å²) in [6.07, 6.45) is -0.666. The summed E-state index contributed by atoms with van der Waals surface area (Å²) < 4.78 is 30.3. The van der Waals surface area contributed by atoms with Crippen molar-refractivity contribution in [2.75, 3.05) is 0 Å². The molecule has 1 rings (SSSR count). The highest BCUT2D eigenvalue weighted by Gasteiger charge is 2.23. The third kappa shape index (κ3) is 3.67. The van der Waals surface area contributed by atoms with Crippen molar-refractivity contribution in [3.05, 3.63) is 34.3 Å². The fraction of sp³-hybridized carbons (Fsp3) is 0.222. The molecule has 0 aromatic heterocycles. The summed E-state index contributed by atoms with van der Waals surface area (Å²) in [6, 6.07) is 6.21. The van der Waals surface area contributed by atoms with Crippen LogP contribution >= 0.6 is 15.9 Å². The fourth-order valence-corrected chi connectivity index (χ4v) is 1.64. The molecule has 2 N–H and O–H groups in total. The minimum Gasteiger partial charge on any atom is -0.375 e. The third-order valence-corrected chi connectivity index (χ3v) is 3.25. The maximum Gasteiger partial charge on any atom is 0.292 e. The molecule has 1 atom stereocenters.